The zero-order valence-corrected chi connectivity index (χ0v) is 11.8. The lowest BCUT2D eigenvalue weighted by Crippen LogP contribution is -2.48. The highest BCUT2D eigenvalue weighted by molar-refractivity contribution is 5.74. The van der Waals surface area contributed by atoms with Gasteiger partial charge < -0.3 is 10.0 Å². The van der Waals surface area contributed by atoms with Crippen LogP contribution in [-0.4, -0.2) is 35.1 Å². The van der Waals surface area contributed by atoms with E-state index in [1.165, 1.54) is 25.7 Å². The van der Waals surface area contributed by atoms with Crippen LogP contribution >= 0.6 is 0 Å². The van der Waals surface area contributed by atoms with E-state index in [1.54, 1.807) is 0 Å². The molecule has 1 aliphatic carbocycles. The summed E-state index contributed by atoms with van der Waals surface area (Å²) in [6, 6.07) is 0.720. The Labute approximate surface area is 111 Å². The van der Waals surface area contributed by atoms with Gasteiger partial charge in [0.2, 0.25) is 0 Å². The molecule has 104 valence electrons. The maximum Gasteiger partial charge on any atom is 0.309 e. The Balaban J connectivity index is 1.91. The first kappa shape index (κ1) is 13.9. The Morgan fingerprint density at radius 1 is 1.33 bits per heavy atom. The highest BCUT2D eigenvalue weighted by Gasteiger charge is 2.41. The fraction of sp³-hybridized carbons (Fsp3) is 0.933. The molecule has 2 rings (SSSR count). The van der Waals surface area contributed by atoms with Crippen LogP contribution in [0, 0.1) is 11.3 Å². The molecule has 1 heterocycles. The molecule has 3 heteroatoms. The minimum atomic E-state index is -0.582. The second-order valence-corrected chi connectivity index (χ2v) is 6.40. The van der Waals surface area contributed by atoms with Gasteiger partial charge in [-0.05, 0) is 51.1 Å². The summed E-state index contributed by atoms with van der Waals surface area (Å²) in [6.07, 6.45) is 7.80. The molecule has 1 aliphatic heterocycles. The molecule has 0 amide bonds. The lowest BCUT2D eigenvalue weighted by molar-refractivity contribution is -0.152. The maximum absolute atomic E-state index is 11.4. The van der Waals surface area contributed by atoms with Crippen molar-refractivity contribution in [2.75, 3.05) is 13.1 Å². The van der Waals surface area contributed by atoms with Crippen LogP contribution < -0.4 is 0 Å². The van der Waals surface area contributed by atoms with E-state index in [1.807, 2.05) is 6.92 Å². The van der Waals surface area contributed by atoms with Crippen LogP contribution in [0.3, 0.4) is 0 Å². The van der Waals surface area contributed by atoms with Crippen molar-refractivity contribution < 1.29 is 9.90 Å². The van der Waals surface area contributed by atoms with E-state index in [9.17, 15) is 9.90 Å². The van der Waals surface area contributed by atoms with Crippen molar-refractivity contribution in [2.24, 2.45) is 11.3 Å². The molecular weight excluding hydrogens is 226 g/mol. The fourth-order valence-electron chi connectivity index (χ4n) is 3.77. The Bertz CT molecular complexity index is 295. The number of carboxylic acid groups (broad SMARTS) is 1. The zero-order chi connectivity index (χ0) is 13.2. The second-order valence-electron chi connectivity index (χ2n) is 6.40. The molecule has 0 aromatic heterocycles. The average molecular weight is 253 g/mol. The van der Waals surface area contributed by atoms with Gasteiger partial charge in [0.1, 0.15) is 0 Å². The smallest absolute Gasteiger partial charge is 0.309 e. The Morgan fingerprint density at radius 3 is 2.50 bits per heavy atom. The minimum Gasteiger partial charge on any atom is -0.481 e. The van der Waals surface area contributed by atoms with Gasteiger partial charge >= 0.3 is 5.97 Å². The molecule has 2 unspecified atom stereocenters. The first-order valence-electron chi connectivity index (χ1n) is 7.55. The van der Waals surface area contributed by atoms with Crippen molar-refractivity contribution in [3.05, 3.63) is 0 Å². The third-order valence-corrected chi connectivity index (χ3v) is 5.31. The summed E-state index contributed by atoms with van der Waals surface area (Å²) in [4.78, 5) is 14.0. The number of aliphatic carboxylic acids is 1. The molecule has 1 saturated carbocycles. The average Bonchev–Trinajstić information content (AvgIpc) is 2.38. The van der Waals surface area contributed by atoms with E-state index < -0.39 is 11.4 Å². The summed E-state index contributed by atoms with van der Waals surface area (Å²) in [5, 5.41) is 9.41. The van der Waals surface area contributed by atoms with Crippen molar-refractivity contribution >= 4 is 5.97 Å². The molecular formula is C15H27NO2. The third kappa shape index (κ3) is 2.71. The molecule has 2 aliphatic rings. The Hall–Kier alpha value is -0.570. The van der Waals surface area contributed by atoms with Crippen molar-refractivity contribution in [3.63, 3.8) is 0 Å². The van der Waals surface area contributed by atoms with Crippen molar-refractivity contribution in [1.29, 1.82) is 0 Å². The number of hydrogen-bond acceptors (Lipinski definition) is 2. The van der Waals surface area contributed by atoms with Gasteiger partial charge in [0.25, 0.3) is 0 Å². The summed E-state index contributed by atoms with van der Waals surface area (Å²) in [7, 11) is 0. The zero-order valence-electron chi connectivity index (χ0n) is 11.8. The van der Waals surface area contributed by atoms with Gasteiger partial charge in [0.15, 0.2) is 0 Å². The molecule has 0 aromatic carbocycles. The highest BCUT2D eigenvalue weighted by Crippen LogP contribution is 2.37. The largest absolute Gasteiger partial charge is 0.481 e. The van der Waals surface area contributed by atoms with E-state index in [0.717, 1.165) is 44.3 Å². The third-order valence-electron chi connectivity index (χ3n) is 5.31. The monoisotopic (exact) mass is 253 g/mol. The van der Waals surface area contributed by atoms with Crippen LogP contribution in [0.2, 0.25) is 0 Å². The SMILES string of the molecule is CCC1(C(=O)O)CCN(C2CCCC(C)C2)CC1. The Kier molecular flexibility index (Phi) is 4.31. The number of carboxylic acids is 1. The summed E-state index contributed by atoms with van der Waals surface area (Å²) in [6.45, 7) is 6.34. The lowest BCUT2D eigenvalue weighted by Gasteiger charge is -2.44. The van der Waals surface area contributed by atoms with Crippen LogP contribution in [0.5, 0.6) is 0 Å². The molecule has 3 nitrogen and oxygen atoms in total. The predicted octanol–water partition coefficient (Wildman–Crippen LogP) is 3.14. The normalized spacial score (nSPS) is 33.2. The minimum absolute atomic E-state index is 0.434. The summed E-state index contributed by atoms with van der Waals surface area (Å²) >= 11 is 0. The molecule has 0 bridgehead atoms. The molecule has 0 spiro atoms. The number of carbonyl (C=O) groups is 1. The van der Waals surface area contributed by atoms with E-state index in [2.05, 4.69) is 11.8 Å². The molecule has 1 N–H and O–H groups in total. The summed E-state index contributed by atoms with van der Waals surface area (Å²) in [5.41, 5.74) is -0.434. The van der Waals surface area contributed by atoms with Gasteiger partial charge in [-0.2, -0.15) is 0 Å². The standard InChI is InChI=1S/C15H27NO2/c1-3-15(14(17)18)7-9-16(10-8-15)13-6-4-5-12(2)11-13/h12-13H,3-11H2,1-2H3,(H,17,18). The second kappa shape index (κ2) is 5.60. The van der Waals surface area contributed by atoms with E-state index >= 15 is 0 Å². The van der Waals surface area contributed by atoms with Crippen LogP contribution in [0.25, 0.3) is 0 Å². The fourth-order valence-corrected chi connectivity index (χ4v) is 3.77. The predicted molar refractivity (Wildman–Crippen MR) is 72.6 cm³/mol. The van der Waals surface area contributed by atoms with Crippen molar-refractivity contribution in [3.8, 4) is 0 Å². The first-order chi connectivity index (χ1) is 8.57. The number of piperidine rings is 1. The van der Waals surface area contributed by atoms with Gasteiger partial charge in [-0.25, -0.2) is 0 Å². The summed E-state index contributed by atoms with van der Waals surface area (Å²) < 4.78 is 0. The molecule has 2 atom stereocenters. The number of nitrogens with zero attached hydrogens (tertiary/aromatic N) is 1. The number of hydrogen-bond donors (Lipinski definition) is 1. The molecule has 0 radical (unpaired) electrons. The van der Waals surface area contributed by atoms with Crippen LogP contribution in [0.15, 0.2) is 0 Å². The maximum atomic E-state index is 11.4. The van der Waals surface area contributed by atoms with Crippen molar-refractivity contribution in [1.82, 2.24) is 4.90 Å². The molecule has 0 aromatic rings. The lowest BCUT2D eigenvalue weighted by atomic mass is 9.75. The van der Waals surface area contributed by atoms with E-state index in [4.69, 9.17) is 0 Å². The quantitative estimate of drug-likeness (QED) is 0.840. The molecule has 2 fully saturated rings. The van der Waals surface area contributed by atoms with E-state index in [-0.39, 0.29) is 0 Å². The van der Waals surface area contributed by atoms with Gasteiger partial charge in [-0.3, -0.25) is 4.79 Å². The van der Waals surface area contributed by atoms with E-state index in [0.29, 0.717) is 0 Å². The molecule has 1 saturated heterocycles. The van der Waals surface area contributed by atoms with Gasteiger partial charge in [-0.15, -0.1) is 0 Å². The van der Waals surface area contributed by atoms with Crippen LogP contribution in [0.4, 0.5) is 0 Å². The van der Waals surface area contributed by atoms with Crippen molar-refractivity contribution in [2.45, 2.75) is 64.8 Å². The number of rotatable bonds is 3. The van der Waals surface area contributed by atoms with Crippen LogP contribution in [0.1, 0.15) is 58.8 Å². The van der Waals surface area contributed by atoms with Gasteiger partial charge in [0.05, 0.1) is 5.41 Å². The summed E-state index contributed by atoms with van der Waals surface area (Å²) in [5.74, 6) is 0.266. The Morgan fingerprint density at radius 2 is 2.00 bits per heavy atom. The van der Waals surface area contributed by atoms with Crippen LogP contribution in [-0.2, 0) is 4.79 Å². The first-order valence-corrected chi connectivity index (χ1v) is 7.55. The van der Waals surface area contributed by atoms with Gasteiger partial charge in [0, 0.05) is 6.04 Å². The topological polar surface area (TPSA) is 40.5 Å². The van der Waals surface area contributed by atoms with Gasteiger partial charge in [-0.1, -0.05) is 26.7 Å². The highest BCUT2D eigenvalue weighted by atomic mass is 16.4. The number of likely N-dealkylation sites (tertiary alicyclic amines) is 1. The molecule has 18 heavy (non-hydrogen) atoms.